The van der Waals surface area contributed by atoms with Gasteiger partial charge in [0, 0.05) is 52.0 Å². The number of aldehydes is 1. The van der Waals surface area contributed by atoms with Gasteiger partial charge in [0.15, 0.2) is 5.78 Å². The molecule has 180 valence electrons. The number of carbonyl (C=O) groups excluding carboxylic acids is 4. The molecule has 0 fully saturated rings. The standard InChI is InChI=1S/C21H41N5O5/c1-3-4-5-6-9-25-21(31)17(7-13-27)14-19(29)18(26-16(2)28)15-20(30)24-12-11-23-10-8-22/h13,16-18,23,26,28H,3-12,14-15,22H2,1-2H3,(H,24,30)(H,25,31)/t16?,17-,18-/m1/s1. The molecular formula is C21H41N5O5. The van der Waals surface area contributed by atoms with Gasteiger partial charge >= 0.3 is 0 Å². The minimum Gasteiger partial charge on any atom is -0.379 e. The van der Waals surface area contributed by atoms with Crippen LogP contribution in [0.4, 0.5) is 0 Å². The highest BCUT2D eigenvalue weighted by Gasteiger charge is 2.28. The highest BCUT2D eigenvalue weighted by Crippen LogP contribution is 2.12. The van der Waals surface area contributed by atoms with E-state index in [-0.39, 0.29) is 31.1 Å². The Morgan fingerprint density at radius 1 is 1.00 bits per heavy atom. The van der Waals surface area contributed by atoms with Crippen LogP contribution in [0.2, 0.25) is 0 Å². The van der Waals surface area contributed by atoms with Crippen LogP contribution in [0.25, 0.3) is 0 Å². The third kappa shape index (κ3) is 15.6. The van der Waals surface area contributed by atoms with Crippen LogP contribution in [0.15, 0.2) is 0 Å². The first-order chi connectivity index (χ1) is 14.8. The molecule has 0 aromatic carbocycles. The minimum absolute atomic E-state index is 0.0764. The molecule has 10 nitrogen and oxygen atoms in total. The largest absolute Gasteiger partial charge is 0.379 e. The zero-order chi connectivity index (χ0) is 23.5. The zero-order valence-corrected chi connectivity index (χ0v) is 19.0. The molecule has 0 saturated heterocycles. The van der Waals surface area contributed by atoms with Crippen LogP contribution in [0.3, 0.4) is 0 Å². The topological polar surface area (TPSA) is 163 Å². The highest BCUT2D eigenvalue weighted by atomic mass is 16.3. The van der Waals surface area contributed by atoms with Crippen molar-refractivity contribution in [1.29, 1.82) is 0 Å². The summed E-state index contributed by atoms with van der Waals surface area (Å²) in [4.78, 5) is 48.3. The van der Waals surface area contributed by atoms with E-state index in [0.29, 0.717) is 39.0 Å². The molecule has 2 amide bonds. The normalized spacial score (nSPS) is 13.8. The first kappa shape index (κ1) is 29.1. The zero-order valence-electron chi connectivity index (χ0n) is 19.0. The molecule has 0 aromatic rings. The molecule has 7 N–H and O–H groups in total. The Labute approximate surface area is 185 Å². The van der Waals surface area contributed by atoms with Gasteiger partial charge in [-0.2, -0.15) is 0 Å². The van der Waals surface area contributed by atoms with E-state index in [1.807, 2.05) is 0 Å². The molecular weight excluding hydrogens is 402 g/mol. The summed E-state index contributed by atoms with van der Waals surface area (Å²) in [7, 11) is 0. The van der Waals surface area contributed by atoms with Crippen LogP contribution in [0, 0.1) is 5.92 Å². The Morgan fingerprint density at radius 3 is 2.35 bits per heavy atom. The molecule has 0 aliphatic carbocycles. The van der Waals surface area contributed by atoms with E-state index in [1.54, 1.807) is 0 Å². The fourth-order valence-electron chi connectivity index (χ4n) is 3.02. The Bertz CT molecular complexity index is 530. The van der Waals surface area contributed by atoms with E-state index in [1.165, 1.54) is 6.92 Å². The van der Waals surface area contributed by atoms with Gasteiger partial charge in [0.2, 0.25) is 11.8 Å². The molecule has 0 aliphatic heterocycles. The number of carbonyl (C=O) groups is 4. The van der Waals surface area contributed by atoms with Gasteiger partial charge in [0.25, 0.3) is 0 Å². The van der Waals surface area contributed by atoms with E-state index in [9.17, 15) is 24.3 Å². The SMILES string of the molecule is CCCCCCNC(=O)[C@H](CC=O)CC(=O)[C@@H](CC(=O)NCCNCCN)NC(C)O. The lowest BCUT2D eigenvalue weighted by atomic mass is 9.93. The lowest BCUT2D eigenvalue weighted by Crippen LogP contribution is -2.47. The molecule has 0 rings (SSSR count). The molecule has 0 aliphatic rings. The molecule has 31 heavy (non-hydrogen) atoms. The van der Waals surface area contributed by atoms with Gasteiger partial charge in [-0.1, -0.05) is 26.2 Å². The Morgan fingerprint density at radius 2 is 1.74 bits per heavy atom. The van der Waals surface area contributed by atoms with Gasteiger partial charge < -0.3 is 31.6 Å². The number of amides is 2. The first-order valence-electron chi connectivity index (χ1n) is 11.2. The summed E-state index contributed by atoms with van der Waals surface area (Å²) < 4.78 is 0. The van der Waals surface area contributed by atoms with Gasteiger partial charge in [-0.3, -0.25) is 19.7 Å². The van der Waals surface area contributed by atoms with Gasteiger partial charge in [0.1, 0.15) is 12.5 Å². The van der Waals surface area contributed by atoms with Gasteiger partial charge in [0.05, 0.1) is 12.0 Å². The second-order valence-corrected chi connectivity index (χ2v) is 7.61. The summed E-state index contributed by atoms with van der Waals surface area (Å²) in [6, 6.07) is -0.955. The summed E-state index contributed by atoms with van der Waals surface area (Å²) in [5, 5.41) is 20.8. The average Bonchev–Trinajstić information content (AvgIpc) is 2.72. The van der Waals surface area contributed by atoms with E-state index in [0.717, 1.165) is 25.7 Å². The number of rotatable bonds is 20. The van der Waals surface area contributed by atoms with Crippen molar-refractivity contribution in [3.63, 3.8) is 0 Å². The maximum absolute atomic E-state index is 12.8. The average molecular weight is 444 g/mol. The van der Waals surface area contributed by atoms with Gasteiger partial charge in [-0.05, 0) is 13.3 Å². The van der Waals surface area contributed by atoms with Crippen LogP contribution in [-0.2, 0) is 19.2 Å². The number of Topliss-reactive ketones (excluding diaryl/α,β-unsaturated/α-hetero) is 1. The lowest BCUT2D eigenvalue weighted by molar-refractivity contribution is -0.133. The molecule has 0 heterocycles. The summed E-state index contributed by atoms with van der Waals surface area (Å²) in [5.74, 6) is -1.89. The second-order valence-electron chi connectivity index (χ2n) is 7.61. The molecule has 0 aromatic heterocycles. The van der Waals surface area contributed by atoms with Crippen molar-refractivity contribution in [3.8, 4) is 0 Å². The minimum atomic E-state index is -1.01. The van der Waals surface area contributed by atoms with E-state index < -0.39 is 24.0 Å². The summed E-state index contributed by atoms with van der Waals surface area (Å²) >= 11 is 0. The maximum atomic E-state index is 12.8. The molecule has 1 unspecified atom stereocenters. The van der Waals surface area contributed by atoms with Crippen molar-refractivity contribution < 1.29 is 24.3 Å². The van der Waals surface area contributed by atoms with Crippen LogP contribution < -0.4 is 27.0 Å². The van der Waals surface area contributed by atoms with Crippen molar-refractivity contribution in [2.75, 3.05) is 32.7 Å². The van der Waals surface area contributed by atoms with E-state index in [2.05, 4.69) is 28.2 Å². The number of aliphatic hydroxyl groups is 1. The maximum Gasteiger partial charge on any atom is 0.223 e. The van der Waals surface area contributed by atoms with Crippen molar-refractivity contribution in [3.05, 3.63) is 0 Å². The molecule has 0 bridgehead atoms. The van der Waals surface area contributed by atoms with Crippen molar-refractivity contribution >= 4 is 23.9 Å². The summed E-state index contributed by atoms with van der Waals surface area (Å²) in [6.07, 6.45) is 3.20. The van der Waals surface area contributed by atoms with Crippen molar-refractivity contribution in [1.82, 2.24) is 21.3 Å². The number of nitrogens with two attached hydrogens (primary N) is 1. The fourth-order valence-corrected chi connectivity index (χ4v) is 3.02. The van der Waals surface area contributed by atoms with E-state index in [4.69, 9.17) is 5.73 Å². The van der Waals surface area contributed by atoms with Gasteiger partial charge in [-0.25, -0.2) is 0 Å². The third-order valence-electron chi connectivity index (χ3n) is 4.69. The number of hydrogen-bond acceptors (Lipinski definition) is 8. The number of hydrogen-bond donors (Lipinski definition) is 6. The monoisotopic (exact) mass is 443 g/mol. The highest BCUT2D eigenvalue weighted by molar-refractivity contribution is 5.93. The molecule has 0 spiro atoms. The van der Waals surface area contributed by atoms with Crippen LogP contribution >= 0.6 is 0 Å². The van der Waals surface area contributed by atoms with Crippen molar-refractivity contribution in [2.24, 2.45) is 11.7 Å². The van der Waals surface area contributed by atoms with Crippen LogP contribution in [0.1, 0.15) is 58.8 Å². The molecule has 10 heteroatoms. The van der Waals surface area contributed by atoms with Crippen molar-refractivity contribution in [2.45, 2.75) is 71.1 Å². The third-order valence-corrected chi connectivity index (χ3v) is 4.69. The number of nitrogens with one attached hydrogen (secondary N) is 4. The molecule has 0 radical (unpaired) electrons. The fraction of sp³-hybridized carbons (Fsp3) is 0.810. The number of ketones is 1. The lowest BCUT2D eigenvalue weighted by Gasteiger charge is -2.21. The molecule has 3 atom stereocenters. The molecule has 0 saturated carbocycles. The Hall–Kier alpha value is -1.88. The first-order valence-corrected chi connectivity index (χ1v) is 11.2. The van der Waals surface area contributed by atoms with Crippen LogP contribution in [0.5, 0.6) is 0 Å². The Kier molecular flexibility index (Phi) is 17.7. The quantitative estimate of drug-likeness (QED) is 0.0809. The number of unbranched alkanes of at least 4 members (excludes halogenated alkanes) is 3. The van der Waals surface area contributed by atoms with Gasteiger partial charge in [-0.15, -0.1) is 0 Å². The summed E-state index contributed by atoms with van der Waals surface area (Å²) in [5.41, 5.74) is 5.38. The predicted octanol–water partition coefficient (Wildman–Crippen LogP) is -0.802. The van der Waals surface area contributed by atoms with Crippen LogP contribution in [-0.4, -0.2) is 74.0 Å². The Balaban J connectivity index is 4.74. The predicted molar refractivity (Wildman–Crippen MR) is 119 cm³/mol. The second kappa shape index (κ2) is 18.9. The summed E-state index contributed by atoms with van der Waals surface area (Å²) in [6.45, 7) is 6.10. The smallest absolute Gasteiger partial charge is 0.223 e. The van der Waals surface area contributed by atoms with E-state index >= 15 is 0 Å². The number of aliphatic hydroxyl groups excluding tert-OH is 1.